The fourth-order valence-corrected chi connectivity index (χ4v) is 2.66. The molecule has 0 radical (unpaired) electrons. The zero-order valence-electron chi connectivity index (χ0n) is 9.87. The third kappa shape index (κ3) is 1.23. The zero-order chi connectivity index (χ0) is 13.0. The third-order valence-corrected chi connectivity index (χ3v) is 3.51. The highest BCUT2D eigenvalue weighted by molar-refractivity contribution is 6.15. The minimum atomic E-state index is -0.633. The topological polar surface area (TPSA) is 46.6 Å². The molecule has 1 atom stereocenters. The van der Waals surface area contributed by atoms with Gasteiger partial charge < -0.3 is 4.74 Å². The first-order chi connectivity index (χ1) is 9.27. The Balaban J connectivity index is 1.97. The molecule has 0 spiro atoms. The number of amides is 1. The lowest BCUT2D eigenvalue weighted by Crippen LogP contribution is -2.36. The van der Waals surface area contributed by atoms with Crippen LogP contribution in [0, 0.1) is 0 Å². The zero-order valence-corrected chi connectivity index (χ0v) is 9.87. The van der Waals surface area contributed by atoms with Crippen molar-refractivity contribution >= 4 is 17.6 Å². The molecule has 0 unspecified atom stereocenters. The fourth-order valence-electron chi connectivity index (χ4n) is 2.66. The molecule has 0 aliphatic carbocycles. The quantitative estimate of drug-likeness (QED) is 0.676. The van der Waals surface area contributed by atoms with E-state index in [1.807, 2.05) is 24.3 Å². The molecule has 0 fully saturated rings. The minimum absolute atomic E-state index is 0.124. The second-order valence-corrected chi connectivity index (χ2v) is 4.54. The van der Waals surface area contributed by atoms with Gasteiger partial charge in [0, 0.05) is 11.1 Å². The summed E-state index contributed by atoms with van der Waals surface area (Å²) in [5.74, 6) is -0.512. The van der Waals surface area contributed by atoms with Gasteiger partial charge in [0.05, 0.1) is 11.3 Å². The Morgan fingerprint density at radius 3 is 2.42 bits per heavy atom. The number of nitrogens with zero attached hydrogens (tertiary/aromatic N) is 1. The van der Waals surface area contributed by atoms with Crippen LogP contribution in [0.1, 0.15) is 32.5 Å². The predicted octanol–water partition coefficient (Wildman–Crippen LogP) is 2.52. The molecule has 2 aromatic carbocycles. The lowest BCUT2D eigenvalue weighted by atomic mass is 10.1. The summed E-state index contributed by atoms with van der Waals surface area (Å²) in [7, 11) is 0. The molecule has 0 N–H and O–H groups in total. The number of para-hydroxylation sites is 1. The Morgan fingerprint density at radius 2 is 1.58 bits per heavy atom. The SMILES string of the molecule is O=C1O[C@@H]2c3ccccc3C(=O)N2c2ccccc21. The van der Waals surface area contributed by atoms with Crippen LogP contribution in [0.3, 0.4) is 0 Å². The summed E-state index contributed by atoms with van der Waals surface area (Å²) in [6, 6.07) is 14.2. The predicted molar refractivity (Wildman–Crippen MR) is 67.9 cm³/mol. The number of ether oxygens (including phenoxy) is 1. The van der Waals surface area contributed by atoms with Gasteiger partial charge in [-0.2, -0.15) is 0 Å². The van der Waals surface area contributed by atoms with Crippen molar-refractivity contribution in [3.63, 3.8) is 0 Å². The molecule has 2 aromatic rings. The van der Waals surface area contributed by atoms with E-state index in [-0.39, 0.29) is 11.9 Å². The van der Waals surface area contributed by atoms with Crippen molar-refractivity contribution < 1.29 is 14.3 Å². The molecule has 92 valence electrons. The first-order valence-corrected chi connectivity index (χ1v) is 6.00. The van der Waals surface area contributed by atoms with Gasteiger partial charge in [-0.25, -0.2) is 4.79 Å². The molecule has 2 heterocycles. The van der Waals surface area contributed by atoms with E-state index in [2.05, 4.69) is 0 Å². The molecule has 2 aliphatic rings. The molecule has 2 aliphatic heterocycles. The number of carbonyl (C=O) groups is 2. The van der Waals surface area contributed by atoms with E-state index < -0.39 is 6.23 Å². The van der Waals surface area contributed by atoms with Crippen LogP contribution in [0.4, 0.5) is 5.69 Å². The van der Waals surface area contributed by atoms with Crippen LogP contribution in [-0.2, 0) is 4.74 Å². The van der Waals surface area contributed by atoms with Gasteiger partial charge in [-0.05, 0) is 18.2 Å². The van der Waals surface area contributed by atoms with Gasteiger partial charge in [-0.15, -0.1) is 0 Å². The van der Waals surface area contributed by atoms with Gasteiger partial charge in [0.1, 0.15) is 0 Å². The molecule has 0 saturated carbocycles. The smallest absolute Gasteiger partial charge is 0.342 e. The average molecular weight is 251 g/mol. The molecule has 0 bridgehead atoms. The van der Waals surface area contributed by atoms with E-state index in [4.69, 9.17) is 4.74 Å². The Bertz CT molecular complexity index is 723. The average Bonchev–Trinajstić information content (AvgIpc) is 2.73. The summed E-state index contributed by atoms with van der Waals surface area (Å²) in [5, 5.41) is 0. The maximum atomic E-state index is 12.4. The van der Waals surface area contributed by atoms with Crippen LogP contribution in [0.25, 0.3) is 0 Å². The van der Waals surface area contributed by atoms with E-state index in [1.165, 1.54) is 0 Å². The Morgan fingerprint density at radius 1 is 0.895 bits per heavy atom. The largest absolute Gasteiger partial charge is 0.433 e. The van der Waals surface area contributed by atoms with Crippen molar-refractivity contribution in [2.75, 3.05) is 4.90 Å². The molecule has 4 nitrogen and oxygen atoms in total. The maximum absolute atomic E-state index is 12.4. The number of esters is 1. The summed E-state index contributed by atoms with van der Waals surface area (Å²) in [4.78, 5) is 26.0. The normalized spacial score (nSPS) is 19.6. The lowest BCUT2D eigenvalue weighted by molar-refractivity contribution is 0.0273. The molecule has 19 heavy (non-hydrogen) atoms. The van der Waals surface area contributed by atoms with Crippen LogP contribution in [0.2, 0.25) is 0 Å². The van der Waals surface area contributed by atoms with E-state index >= 15 is 0 Å². The molecular weight excluding hydrogens is 242 g/mol. The summed E-state index contributed by atoms with van der Waals surface area (Å²) < 4.78 is 5.40. The summed E-state index contributed by atoms with van der Waals surface area (Å²) in [6.45, 7) is 0. The second-order valence-electron chi connectivity index (χ2n) is 4.54. The molecule has 1 amide bonds. The van der Waals surface area contributed by atoms with Gasteiger partial charge >= 0.3 is 5.97 Å². The minimum Gasteiger partial charge on any atom is -0.433 e. The van der Waals surface area contributed by atoms with Crippen molar-refractivity contribution in [3.05, 3.63) is 65.2 Å². The standard InChI is InChI=1S/C15H9NO3/c17-13-9-5-1-2-6-10(9)14-16(13)12-8-4-3-7-11(12)15(18)19-14/h1-8,14H/t14-/m1/s1. The van der Waals surface area contributed by atoms with E-state index in [0.717, 1.165) is 5.56 Å². The van der Waals surface area contributed by atoms with E-state index in [0.29, 0.717) is 16.8 Å². The van der Waals surface area contributed by atoms with Crippen LogP contribution in [-0.4, -0.2) is 11.9 Å². The number of hydrogen-bond acceptors (Lipinski definition) is 3. The first kappa shape index (κ1) is 10.3. The highest BCUT2D eigenvalue weighted by atomic mass is 16.6. The number of rotatable bonds is 0. The Hall–Kier alpha value is -2.62. The fraction of sp³-hybridized carbons (Fsp3) is 0.0667. The van der Waals surface area contributed by atoms with Crippen LogP contribution in [0.5, 0.6) is 0 Å². The van der Waals surface area contributed by atoms with Crippen LogP contribution in [0.15, 0.2) is 48.5 Å². The summed E-state index contributed by atoms with van der Waals surface area (Å²) in [6.07, 6.45) is -0.633. The number of hydrogen-bond donors (Lipinski definition) is 0. The number of benzene rings is 2. The summed E-state index contributed by atoms with van der Waals surface area (Å²) in [5.41, 5.74) is 2.39. The van der Waals surface area contributed by atoms with E-state index in [1.54, 1.807) is 29.2 Å². The number of fused-ring (bicyclic) bond motifs is 5. The van der Waals surface area contributed by atoms with Crippen LogP contribution < -0.4 is 4.90 Å². The van der Waals surface area contributed by atoms with Gasteiger partial charge in [0.2, 0.25) is 6.23 Å². The number of anilines is 1. The van der Waals surface area contributed by atoms with Gasteiger partial charge in [-0.1, -0.05) is 30.3 Å². The van der Waals surface area contributed by atoms with Gasteiger partial charge in [0.25, 0.3) is 5.91 Å². The van der Waals surface area contributed by atoms with E-state index in [9.17, 15) is 9.59 Å². The van der Waals surface area contributed by atoms with Crippen molar-refractivity contribution in [1.82, 2.24) is 0 Å². The first-order valence-electron chi connectivity index (χ1n) is 6.00. The third-order valence-electron chi connectivity index (χ3n) is 3.51. The van der Waals surface area contributed by atoms with Gasteiger partial charge in [0.15, 0.2) is 0 Å². The van der Waals surface area contributed by atoms with Crippen molar-refractivity contribution in [1.29, 1.82) is 0 Å². The molecule has 4 rings (SSSR count). The Labute approximate surface area is 109 Å². The molecule has 0 saturated heterocycles. The van der Waals surface area contributed by atoms with Crippen molar-refractivity contribution in [2.45, 2.75) is 6.23 Å². The lowest BCUT2D eigenvalue weighted by Gasteiger charge is -2.31. The van der Waals surface area contributed by atoms with Crippen molar-refractivity contribution in [3.8, 4) is 0 Å². The van der Waals surface area contributed by atoms with Gasteiger partial charge in [-0.3, -0.25) is 9.69 Å². The van der Waals surface area contributed by atoms with Crippen LogP contribution >= 0.6 is 0 Å². The number of carbonyl (C=O) groups excluding carboxylic acids is 2. The highest BCUT2D eigenvalue weighted by Gasteiger charge is 2.44. The second kappa shape index (κ2) is 3.45. The molecular formula is C15H9NO3. The Kier molecular flexibility index (Phi) is 1.87. The highest BCUT2D eigenvalue weighted by Crippen LogP contribution is 2.43. The summed E-state index contributed by atoms with van der Waals surface area (Å²) >= 11 is 0. The maximum Gasteiger partial charge on any atom is 0.342 e. The molecule has 4 heteroatoms. The monoisotopic (exact) mass is 251 g/mol. The van der Waals surface area contributed by atoms with Crippen molar-refractivity contribution in [2.24, 2.45) is 0 Å². The molecule has 0 aromatic heterocycles.